The fraction of sp³-hybridized carbons (Fsp3) is 0.667. The van der Waals surface area contributed by atoms with Crippen molar-refractivity contribution in [3.05, 3.63) is 12.2 Å². The van der Waals surface area contributed by atoms with Gasteiger partial charge in [-0.2, -0.15) is 5.26 Å². The van der Waals surface area contributed by atoms with Crippen LogP contribution in [0.5, 0.6) is 0 Å². The Morgan fingerprint density at radius 1 is 1.40 bits per heavy atom. The predicted molar refractivity (Wildman–Crippen MR) is 54.6 cm³/mol. The highest BCUT2D eigenvalue weighted by Crippen LogP contribution is 2.49. The third kappa shape index (κ3) is 1.77. The Bertz CT molecular complexity index is 342. The summed E-state index contributed by atoms with van der Waals surface area (Å²) in [6.45, 7) is 5.22. The van der Waals surface area contributed by atoms with Crippen LogP contribution in [0.4, 0.5) is 0 Å². The first-order valence-corrected chi connectivity index (χ1v) is 5.38. The summed E-state index contributed by atoms with van der Waals surface area (Å²) in [5, 5.41) is 8.87. The van der Waals surface area contributed by atoms with Crippen molar-refractivity contribution in [1.82, 2.24) is 0 Å². The molecule has 0 amide bonds. The molecular weight excluding hydrogens is 190 g/mol. The van der Waals surface area contributed by atoms with E-state index in [1.165, 1.54) is 0 Å². The molecule has 3 unspecified atom stereocenters. The van der Waals surface area contributed by atoms with E-state index in [2.05, 4.69) is 12.6 Å². The van der Waals surface area contributed by atoms with Gasteiger partial charge in [-0.3, -0.25) is 0 Å². The number of nitrogens with zero attached hydrogens (tertiary/aromatic N) is 1. The highest BCUT2D eigenvalue weighted by molar-refractivity contribution is 5.87. The van der Waals surface area contributed by atoms with Gasteiger partial charge in [0, 0.05) is 11.5 Å². The molecule has 0 radical (unpaired) electrons. The van der Waals surface area contributed by atoms with E-state index >= 15 is 0 Å². The van der Waals surface area contributed by atoms with E-state index in [1.807, 2.05) is 0 Å². The number of rotatable bonds is 2. The first-order valence-electron chi connectivity index (χ1n) is 5.38. The molecule has 0 aromatic heterocycles. The van der Waals surface area contributed by atoms with Crippen molar-refractivity contribution in [3.8, 4) is 6.07 Å². The minimum Gasteiger partial charge on any atom is -0.459 e. The van der Waals surface area contributed by atoms with Gasteiger partial charge in [0.05, 0.1) is 6.07 Å². The number of carbonyl (C=O) groups excluding carboxylic acids is 1. The molecule has 2 fully saturated rings. The second-order valence-corrected chi connectivity index (χ2v) is 4.69. The quantitative estimate of drug-likeness (QED) is 0.512. The molecule has 3 nitrogen and oxygen atoms in total. The molecule has 2 bridgehead atoms. The maximum absolute atomic E-state index is 11.3. The van der Waals surface area contributed by atoms with Crippen molar-refractivity contribution in [2.24, 2.45) is 17.8 Å². The van der Waals surface area contributed by atoms with Crippen LogP contribution in [0.25, 0.3) is 0 Å². The molecule has 4 atom stereocenters. The molecule has 15 heavy (non-hydrogen) atoms. The summed E-state index contributed by atoms with van der Waals surface area (Å²) in [5.41, 5.74) is 0.453. The number of carbonyl (C=O) groups is 1. The Balaban J connectivity index is 1.93. The van der Waals surface area contributed by atoms with Gasteiger partial charge in [0.2, 0.25) is 0 Å². The molecule has 80 valence electrons. The summed E-state index contributed by atoms with van der Waals surface area (Å²) in [4.78, 5) is 11.3. The van der Waals surface area contributed by atoms with Gasteiger partial charge in [-0.05, 0) is 38.0 Å². The zero-order valence-electron chi connectivity index (χ0n) is 8.90. The summed E-state index contributed by atoms with van der Waals surface area (Å²) >= 11 is 0. The number of fused-ring (bicyclic) bond motifs is 2. The van der Waals surface area contributed by atoms with Crippen molar-refractivity contribution in [2.45, 2.75) is 32.3 Å². The summed E-state index contributed by atoms with van der Waals surface area (Å²) in [6, 6.07) is 2.33. The molecule has 2 saturated carbocycles. The predicted octanol–water partition coefficient (Wildman–Crippen LogP) is 2.04. The summed E-state index contributed by atoms with van der Waals surface area (Å²) in [7, 11) is 0. The molecule has 3 heteroatoms. The zero-order valence-corrected chi connectivity index (χ0v) is 8.90. The lowest BCUT2D eigenvalue weighted by Gasteiger charge is -2.24. The first-order chi connectivity index (χ1) is 7.11. The van der Waals surface area contributed by atoms with E-state index in [0.717, 1.165) is 19.3 Å². The molecule has 0 aromatic rings. The van der Waals surface area contributed by atoms with Crippen LogP contribution >= 0.6 is 0 Å². The number of hydrogen-bond acceptors (Lipinski definition) is 3. The fourth-order valence-electron chi connectivity index (χ4n) is 2.76. The molecule has 2 rings (SSSR count). The minimum absolute atomic E-state index is 0.0313. The number of hydrogen-bond donors (Lipinski definition) is 0. The van der Waals surface area contributed by atoms with Crippen LogP contribution in [0.2, 0.25) is 0 Å². The van der Waals surface area contributed by atoms with Crippen LogP contribution in [0, 0.1) is 29.1 Å². The molecule has 0 aliphatic heterocycles. The van der Waals surface area contributed by atoms with Crippen LogP contribution in [0.1, 0.15) is 26.2 Å². The summed E-state index contributed by atoms with van der Waals surface area (Å²) in [6.07, 6.45) is 2.84. The SMILES string of the molecule is C=C(C)C(=O)OC1CC2C[C@H]1CC2C#N. The van der Waals surface area contributed by atoms with E-state index in [4.69, 9.17) is 10.00 Å². The highest BCUT2D eigenvalue weighted by atomic mass is 16.5. The Hall–Kier alpha value is -1.30. The van der Waals surface area contributed by atoms with Gasteiger partial charge in [-0.25, -0.2) is 4.79 Å². The highest BCUT2D eigenvalue weighted by Gasteiger charge is 2.47. The topological polar surface area (TPSA) is 50.1 Å². The minimum atomic E-state index is -0.291. The third-order valence-electron chi connectivity index (χ3n) is 3.56. The van der Waals surface area contributed by atoms with Gasteiger partial charge in [-0.1, -0.05) is 6.58 Å². The van der Waals surface area contributed by atoms with Gasteiger partial charge >= 0.3 is 5.97 Å². The van der Waals surface area contributed by atoms with Crippen LogP contribution in [-0.4, -0.2) is 12.1 Å². The molecule has 0 spiro atoms. The lowest BCUT2D eigenvalue weighted by atomic mass is 9.88. The molecule has 2 aliphatic rings. The van der Waals surface area contributed by atoms with E-state index in [-0.39, 0.29) is 18.0 Å². The fourth-order valence-corrected chi connectivity index (χ4v) is 2.76. The van der Waals surface area contributed by atoms with Crippen molar-refractivity contribution < 1.29 is 9.53 Å². The largest absolute Gasteiger partial charge is 0.459 e. The average molecular weight is 205 g/mol. The van der Waals surface area contributed by atoms with Crippen molar-refractivity contribution in [1.29, 1.82) is 5.26 Å². The second kappa shape index (κ2) is 3.69. The summed E-state index contributed by atoms with van der Waals surface area (Å²) < 4.78 is 5.35. The van der Waals surface area contributed by atoms with E-state index in [1.54, 1.807) is 6.92 Å². The standard InChI is InChI=1S/C12H15NO2/c1-7(2)12(14)15-11-5-8-3-9(11)4-10(8)6-13/h8-11H,1,3-5H2,2H3/t8?,9-,10?,11?/m0/s1. The molecule has 0 N–H and O–H groups in total. The van der Waals surface area contributed by atoms with Crippen LogP contribution < -0.4 is 0 Å². The lowest BCUT2D eigenvalue weighted by molar-refractivity contribution is -0.146. The Morgan fingerprint density at radius 3 is 2.60 bits per heavy atom. The maximum Gasteiger partial charge on any atom is 0.333 e. The maximum atomic E-state index is 11.3. The second-order valence-electron chi connectivity index (χ2n) is 4.69. The smallest absolute Gasteiger partial charge is 0.333 e. The van der Waals surface area contributed by atoms with Gasteiger partial charge in [-0.15, -0.1) is 0 Å². The monoisotopic (exact) mass is 205 g/mol. The lowest BCUT2D eigenvalue weighted by Crippen LogP contribution is -2.27. The van der Waals surface area contributed by atoms with E-state index in [0.29, 0.717) is 17.4 Å². The summed E-state index contributed by atoms with van der Waals surface area (Å²) in [5.74, 6) is 0.752. The van der Waals surface area contributed by atoms with Gasteiger partial charge in [0.25, 0.3) is 0 Å². The van der Waals surface area contributed by atoms with E-state index in [9.17, 15) is 4.79 Å². The molecule has 0 aromatic carbocycles. The van der Waals surface area contributed by atoms with E-state index < -0.39 is 0 Å². The van der Waals surface area contributed by atoms with Crippen molar-refractivity contribution >= 4 is 5.97 Å². The molecule has 2 aliphatic carbocycles. The van der Waals surface area contributed by atoms with Crippen molar-refractivity contribution in [3.63, 3.8) is 0 Å². The molecule has 0 heterocycles. The Kier molecular flexibility index (Phi) is 2.52. The van der Waals surface area contributed by atoms with Crippen LogP contribution in [-0.2, 0) is 9.53 Å². The average Bonchev–Trinajstić information content (AvgIpc) is 2.75. The van der Waals surface area contributed by atoms with Crippen LogP contribution in [0.15, 0.2) is 12.2 Å². The Morgan fingerprint density at radius 2 is 2.13 bits per heavy atom. The van der Waals surface area contributed by atoms with Gasteiger partial charge < -0.3 is 4.74 Å². The van der Waals surface area contributed by atoms with Crippen LogP contribution in [0.3, 0.4) is 0 Å². The number of ether oxygens (including phenoxy) is 1. The van der Waals surface area contributed by atoms with Gasteiger partial charge in [0.15, 0.2) is 0 Å². The first kappa shape index (κ1) is 10.2. The zero-order chi connectivity index (χ0) is 11.0. The third-order valence-corrected chi connectivity index (χ3v) is 3.56. The molecule has 0 saturated heterocycles. The van der Waals surface area contributed by atoms with Gasteiger partial charge in [0.1, 0.15) is 6.10 Å². The number of nitriles is 1. The normalized spacial score (nSPS) is 37.3. The van der Waals surface area contributed by atoms with Crippen molar-refractivity contribution in [2.75, 3.05) is 0 Å². The Labute approximate surface area is 89.7 Å². The number of esters is 1. The molecular formula is C12H15NO2.